The fourth-order valence-corrected chi connectivity index (χ4v) is 2.16. The maximum absolute atomic E-state index is 12.7. The van der Waals surface area contributed by atoms with E-state index >= 15 is 0 Å². The van der Waals surface area contributed by atoms with Crippen molar-refractivity contribution in [3.63, 3.8) is 0 Å². The van der Waals surface area contributed by atoms with Crippen LogP contribution in [0.15, 0.2) is 29.2 Å². The van der Waals surface area contributed by atoms with Gasteiger partial charge in [-0.3, -0.25) is 4.74 Å². The van der Waals surface area contributed by atoms with Crippen LogP contribution in [0.2, 0.25) is 0 Å². The van der Waals surface area contributed by atoms with E-state index in [1.165, 1.54) is 0 Å². The lowest BCUT2D eigenvalue weighted by Crippen LogP contribution is -2.20. The third-order valence-corrected chi connectivity index (χ3v) is 3.45. The van der Waals surface area contributed by atoms with E-state index in [1.54, 1.807) is 0 Å². The lowest BCUT2D eigenvalue weighted by atomic mass is 10.4. The first-order chi connectivity index (χ1) is 7.71. The molecule has 0 fully saturated rings. The van der Waals surface area contributed by atoms with Gasteiger partial charge < -0.3 is 0 Å². The molecule has 0 aliphatic heterocycles. The molecule has 8 heteroatoms. The molecule has 0 atom stereocenters. The molecular weight excluding hydrogens is 264 g/mol. The standard InChI is InChI=1S/C9H8F4O3S/c10-7-2-1-3-8(6-7)17(14,15)5-4-16-9(11,12)13/h1-3,6H,4-5H2. The topological polar surface area (TPSA) is 43.4 Å². The quantitative estimate of drug-likeness (QED) is 0.789. The van der Waals surface area contributed by atoms with Crippen LogP contribution in [0.3, 0.4) is 0 Å². The van der Waals surface area contributed by atoms with Gasteiger partial charge in [-0.2, -0.15) is 0 Å². The summed E-state index contributed by atoms with van der Waals surface area (Å²) in [5.41, 5.74) is 0. The highest BCUT2D eigenvalue weighted by Gasteiger charge is 2.29. The SMILES string of the molecule is O=S(=O)(CCOC(F)(F)F)c1cccc(F)c1. The molecule has 0 aromatic heterocycles. The van der Waals surface area contributed by atoms with Crippen LogP contribution in [0.4, 0.5) is 17.6 Å². The lowest BCUT2D eigenvalue weighted by molar-refractivity contribution is -0.322. The van der Waals surface area contributed by atoms with Crippen molar-refractivity contribution in [1.82, 2.24) is 0 Å². The van der Waals surface area contributed by atoms with Gasteiger partial charge in [-0.15, -0.1) is 13.2 Å². The fraction of sp³-hybridized carbons (Fsp3) is 0.333. The summed E-state index contributed by atoms with van der Waals surface area (Å²) in [5.74, 6) is -1.64. The molecule has 0 heterocycles. The first-order valence-corrected chi connectivity index (χ1v) is 6.05. The third-order valence-electron chi connectivity index (χ3n) is 1.77. The summed E-state index contributed by atoms with van der Waals surface area (Å²) in [6.07, 6.45) is -4.88. The van der Waals surface area contributed by atoms with E-state index in [1.807, 2.05) is 0 Å². The molecule has 0 radical (unpaired) electrons. The summed E-state index contributed by atoms with van der Waals surface area (Å²) in [7, 11) is -3.97. The van der Waals surface area contributed by atoms with Crippen LogP contribution >= 0.6 is 0 Å². The minimum absolute atomic E-state index is 0.372. The smallest absolute Gasteiger partial charge is 0.291 e. The van der Waals surface area contributed by atoms with Crippen molar-refractivity contribution < 1.29 is 30.7 Å². The Kier molecular flexibility index (Phi) is 4.10. The average Bonchev–Trinajstić information content (AvgIpc) is 2.15. The Morgan fingerprint density at radius 1 is 1.24 bits per heavy atom. The number of halogens is 4. The second-order valence-corrected chi connectivity index (χ2v) is 5.18. The van der Waals surface area contributed by atoms with Crippen molar-refractivity contribution in [2.45, 2.75) is 11.3 Å². The van der Waals surface area contributed by atoms with E-state index in [-0.39, 0.29) is 4.90 Å². The number of rotatable bonds is 4. The van der Waals surface area contributed by atoms with Crippen molar-refractivity contribution >= 4 is 9.84 Å². The molecule has 17 heavy (non-hydrogen) atoms. The van der Waals surface area contributed by atoms with Gasteiger partial charge in [0.25, 0.3) is 0 Å². The highest BCUT2D eigenvalue weighted by atomic mass is 32.2. The number of alkyl halides is 3. The van der Waals surface area contributed by atoms with Gasteiger partial charge in [-0.1, -0.05) is 6.07 Å². The Balaban J connectivity index is 2.70. The van der Waals surface area contributed by atoms with Crippen molar-refractivity contribution in [2.24, 2.45) is 0 Å². The maximum atomic E-state index is 12.7. The van der Waals surface area contributed by atoms with Crippen LogP contribution in [0.5, 0.6) is 0 Å². The molecule has 3 nitrogen and oxygen atoms in total. The van der Waals surface area contributed by atoms with Gasteiger partial charge in [-0.05, 0) is 18.2 Å². The van der Waals surface area contributed by atoms with Crippen molar-refractivity contribution in [3.8, 4) is 0 Å². The van der Waals surface area contributed by atoms with Gasteiger partial charge in [0.15, 0.2) is 9.84 Å². The van der Waals surface area contributed by atoms with Crippen molar-refractivity contribution in [1.29, 1.82) is 0 Å². The molecule has 1 rings (SSSR count). The zero-order valence-electron chi connectivity index (χ0n) is 8.37. The van der Waals surface area contributed by atoms with Crippen LogP contribution in [-0.4, -0.2) is 27.1 Å². The molecule has 0 unspecified atom stereocenters. The van der Waals surface area contributed by atoms with Gasteiger partial charge in [0.05, 0.1) is 17.3 Å². The summed E-state index contributed by atoms with van der Waals surface area (Å²) in [6, 6.07) is 4.03. The fourth-order valence-electron chi connectivity index (χ4n) is 1.05. The number of benzene rings is 1. The zero-order valence-corrected chi connectivity index (χ0v) is 9.18. The summed E-state index contributed by atoms with van der Waals surface area (Å²) < 4.78 is 73.9. The van der Waals surface area contributed by atoms with Crippen LogP contribution in [-0.2, 0) is 14.6 Å². The summed E-state index contributed by atoms with van der Waals surface area (Å²) in [6.45, 7) is -1.03. The third kappa shape index (κ3) is 4.70. The molecule has 1 aromatic carbocycles. The molecule has 0 amide bonds. The van der Waals surface area contributed by atoms with Crippen LogP contribution in [0, 0.1) is 5.82 Å². The Bertz CT molecular complexity index is 481. The number of hydrogen-bond acceptors (Lipinski definition) is 3. The van der Waals surface area contributed by atoms with Gasteiger partial charge in [-0.25, -0.2) is 12.8 Å². The average molecular weight is 272 g/mol. The molecule has 0 saturated heterocycles. The predicted octanol–water partition coefficient (Wildman–Crippen LogP) is 2.14. The van der Waals surface area contributed by atoms with Gasteiger partial charge in [0, 0.05) is 0 Å². The zero-order chi connectivity index (χ0) is 13.1. The normalized spacial score (nSPS) is 12.7. The Labute approximate surface area is 94.9 Å². The van der Waals surface area contributed by atoms with Crippen LogP contribution in [0.1, 0.15) is 0 Å². The first kappa shape index (κ1) is 13.9. The molecule has 0 aliphatic rings. The number of hydrogen-bond donors (Lipinski definition) is 0. The highest BCUT2D eigenvalue weighted by molar-refractivity contribution is 7.91. The highest BCUT2D eigenvalue weighted by Crippen LogP contribution is 2.17. The van der Waals surface area contributed by atoms with Gasteiger partial charge in [0.2, 0.25) is 0 Å². The van der Waals surface area contributed by atoms with Gasteiger partial charge in [0.1, 0.15) is 5.82 Å². The molecule has 0 saturated carbocycles. The number of ether oxygens (including phenoxy) is 1. The molecule has 96 valence electrons. The Morgan fingerprint density at radius 3 is 2.41 bits per heavy atom. The first-order valence-electron chi connectivity index (χ1n) is 4.40. The molecule has 0 aliphatic carbocycles. The van der Waals surface area contributed by atoms with E-state index in [0.717, 1.165) is 24.3 Å². The van der Waals surface area contributed by atoms with Crippen LogP contribution < -0.4 is 0 Å². The summed E-state index contributed by atoms with van der Waals surface area (Å²) in [5, 5.41) is 0. The predicted molar refractivity (Wildman–Crippen MR) is 50.5 cm³/mol. The minimum atomic E-state index is -4.88. The monoisotopic (exact) mass is 272 g/mol. The lowest BCUT2D eigenvalue weighted by Gasteiger charge is -2.07. The summed E-state index contributed by atoms with van der Waals surface area (Å²) >= 11 is 0. The van der Waals surface area contributed by atoms with E-state index < -0.39 is 34.4 Å². The van der Waals surface area contributed by atoms with Crippen LogP contribution in [0.25, 0.3) is 0 Å². The van der Waals surface area contributed by atoms with E-state index in [2.05, 4.69) is 4.74 Å². The minimum Gasteiger partial charge on any atom is -0.291 e. The second-order valence-electron chi connectivity index (χ2n) is 3.07. The summed E-state index contributed by atoms with van der Waals surface area (Å²) in [4.78, 5) is -0.372. The molecule has 0 N–H and O–H groups in total. The van der Waals surface area contributed by atoms with E-state index in [9.17, 15) is 26.0 Å². The molecular formula is C9H8F4O3S. The van der Waals surface area contributed by atoms with Crippen molar-refractivity contribution in [3.05, 3.63) is 30.1 Å². The molecule has 1 aromatic rings. The van der Waals surface area contributed by atoms with E-state index in [4.69, 9.17) is 0 Å². The molecule has 0 spiro atoms. The van der Waals surface area contributed by atoms with E-state index in [0.29, 0.717) is 0 Å². The number of sulfone groups is 1. The van der Waals surface area contributed by atoms with Gasteiger partial charge >= 0.3 is 6.36 Å². The Morgan fingerprint density at radius 2 is 1.88 bits per heavy atom. The maximum Gasteiger partial charge on any atom is 0.522 e. The molecule has 0 bridgehead atoms. The second kappa shape index (κ2) is 5.01. The Hall–Kier alpha value is -1.15. The largest absolute Gasteiger partial charge is 0.522 e. The van der Waals surface area contributed by atoms with Crippen molar-refractivity contribution in [2.75, 3.05) is 12.4 Å².